The Labute approximate surface area is 199 Å². The summed E-state index contributed by atoms with van der Waals surface area (Å²) in [5, 5.41) is 4.60. The first-order valence-corrected chi connectivity index (χ1v) is 12.4. The maximum atomic E-state index is 14.4. The highest BCUT2D eigenvalue weighted by atomic mass is 32.2. The van der Waals surface area contributed by atoms with E-state index in [1.807, 2.05) is 20.8 Å². The van der Waals surface area contributed by atoms with Crippen molar-refractivity contribution in [2.45, 2.75) is 56.3 Å². The van der Waals surface area contributed by atoms with Gasteiger partial charge in [0.2, 0.25) is 0 Å². The molecule has 2 aliphatic rings. The summed E-state index contributed by atoms with van der Waals surface area (Å²) in [7, 11) is -4.45. The van der Waals surface area contributed by atoms with E-state index in [9.17, 15) is 30.4 Å². The topological polar surface area (TPSA) is 55.2 Å². The number of hydrogen-bond acceptors (Lipinski definition) is 3. The van der Waals surface area contributed by atoms with Gasteiger partial charge in [-0.3, -0.25) is 8.99 Å². The molecule has 0 amide bonds. The van der Waals surface area contributed by atoms with Crippen LogP contribution in [0.25, 0.3) is 11.3 Å². The van der Waals surface area contributed by atoms with Crippen LogP contribution in [0.2, 0.25) is 0 Å². The Morgan fingerprint density at radius 2 is 1.57 bits per heavy atom. The molecule has 0 radical (unpaired) electrons. The summed E-state index contributed by atoms with van der Waals surface area (Å²) in [6.07, 6.45) is -1.49. The average Bonchev–Trinajstić information content (AvgIpc) is 3.49. The van der Waals surface area contributed by atoms with Crippen LogP contribution in [0, 0.1) is 17.6 Å². The molecular formula is C24H22F5N3O2S. The Hall–Kier alpha value is -2.95. The standard InChI is InChI=1S/C24H22F5N3O2S/c1-23(2,3)31-12-17-21(30-31)16-10-18(25)19(26)11-20(16)32(22(17)13-4-5-13)35(33,34)15-8-6-14(7-9-15)24(27,28)29/h6-13,22H,4-5H2,1-3H3. The minimum atomic E-state index is -4.63. The molecule has 2 aromatic carbocycles. The van der Waals surface area contributed by atoms with Crippen molar-refractivity contribution in [3.05, 3.63) is 65.4 Å². The summed E-state index contributed by atoms with van der Waals surface area (Å²) in [5.41, 5.74) is -0.528. The third-order valence-electron chi connectivity index (χ3n) is 6.34. The summed E-state index contributed by atoms with van der Waals surface area (Å²) in [6.45, 7) is 5.71. The number of aromatic nitrogens is 2. The van der Waals surface area contributed by atoms with E-state index in [1.165, 1.54) is 0 Å². The molecule has 1 saturated carbocycles. The molecule has 1 aliphatic heterocycles. The van der Waals surface area contributed by atoms with E-state index in [1.54, 1.807) is 10.9 Å². The number of alkyl halides is 3. The largest absolute Gasteiger partial charge is 0.416 e. The summed E-state index contributed by atoms with van der Waals surface area (Å²) in [4.78, 5) is -0.376. The van der Waals surface area contributed by atoms with Gasteiger partial charge >= 0.3 is 6.18 Å². The maximum absolute atomic E-state index is 14.4. The highest BCUT2D eigenvalue weighted by Gasteiger charge is 2.48. The normalized spacial score (nSPS) is 18.4. The molecule has 1 fully saturated rings. The van der Waals surface area contributed by atoms with Gasteiger partial charge in [0.1, 0.15) is 0 Å². The highest BCUT2D eigenvalue weighted by Crippen LogP contribution is 2.55. The van der Waals surface area contributed by atoms with Crippen LogP contribution in [-0.2, 0) is 21.7 Å². The first-order valence-electron chi connectivity index (χ1n) is 11.0. The van der Waals surface area contributed by atoms with Crippen molar-refractivity contribution >= 4 is 15.7 Å². The van der Waals surface area contributed by atoms with E-state index in [0.717, 1.165) is 28.6 Å². The van der Waals surface area contributed by atoms with Gasteiger partial charge in [0.25, 0.3) is 10.0 Å². The van der Waals surface area contributed by atoms with Gasteiger partial charge in [-0.2, -0.15) is 18.3 Å². The van der Waals surface area contributed by atoms with Crippen LogP contribution in [0.1, 0.15) is 50.8 Å². The molecule has 3 aromatic rings. The first-order chi connectivity index (χ1) is 16.2. The Kier molecular flexibility index (Phi) is 5.11. The van der Waals surface area contributed by atoms with Crippen LogP contribution in [-0.4, -0.2) is 18.2 Å². The number of anilines is 1. The van der Waals surface area contributed by atoms with Gasteiger partial charge in [0, 0.05) is 23.4 Å². The molecule has 0 spiro atoms. The Balaban J connectivity index is 1.74. The number of benzene rings is 2. The molecule has 1 aromatic heterocycles. The van der Waals surface area contributed by atoms with Crippen molar-refractivity contribution in [1.29, 1.82) is 0 Å². The second-order valence-corrected chi connectivity index (χ2v) is 11.8. The molecule has 5 rings (SSSR count). The second kappa shape index (κ2) is 7.52. The quantitative estimate of drug-likeness (QED) is 0.390. The van der Waals surface area contributed by atoms with Crippen LogP contribution in [0.4, 0.5) is 27.6 Å². The van der Waals surface area contributed by atoms with Gasteiger partial charge in [-0.15, -0.1) is 0 Å². The monoisotopic (exact) mass is 511 g/mol. The van der Waals surface area contributed by atoms with Crippen molar-refractivity contribution in [3.63, 3.8) is 0 Å². The van der Waals surface area contributed by atoms with E-state index >= 15 is 0 Å². The van der Waals surface area contributed by atoms with Crippen LogP contribution < -0.4 is 4.31 Å². The minimum Gasteiger partial charge on any atom is -0.267 e. The van der Waals surface area contributed by atoms with Gasteiger partial charge in [0.05, 0.1) is 33.4 Å². The lowest BCUT2D eigenvalue weighted by Gasteiger charge is -2.37. The van der Waals surface area contributed by atoms with Gasteiger partial charge in [-0.1, -0.05) is 0 Å². The molecule has 1 aliphatic carbocycles. The lowest BCUT2D eigenvalue weighted by molar-refractivity contribution is -0.137. The Bertz CT molecular complexity index is 1420. The average molecular weight is 512 g/mol. The lowest BCUT2D eigenvalue weighted by atomic mass is 9.93. The van der Waals surface area contributed by atoms with Crippen molar-refractivity contribution in [2.24, 2.45) is 5.92 Å². The van der Waals surface area contributed by atoms with Crippen LogP contribution >= 0.6 is 0 Å². The first kappa shape index (κ1) is 23.8. The second-order valence-electron chi connectivity index (χ2n) is 9.94. The zero-order chi connectivity index (χ0) is 25.5. The Morgan fingerprint density at radius 1 is 0.971 bits per heavy atom. The number of rotatable bonds is 3. The van der Waals surface area contributed by atoms with Crippen molar-refractivity contribution in [1.82, 2.24) is 9.78 Å². The summed E-state index contributed by atoms with van der Waals surface area (Å²) in [5.74, 6) is -2.49. The fourth-order valence-electron chi connectivity index (χ4n) is 4.41. The predicted molar refractivity (Wildman–Crippen MR) is 119 cm³/mol. The van der Waals surface area contributed by atoms with Crippen molar-refractivity contribution < 1.29 is 30.4 Å². The summed E-state index contributed by atoms with van der Waals surface area (Å²) >= 11 is 0. The lowest BCUT2D eigenvalue weighted by Crippen LogP contribution is -2.38. The maximum Gasteiger partial charge on any atom is 0.416 e. The van der Waals surface area contributed by atoms with Crippen molar-refractivity contribution in [3.8, 4) is 11.3 Å². The van der Waals surface area contributed by atoms with Gasteiger partial charge in [-0.05, 0) is 69.9 Å². The third kappa shape index (κ3) is 3.89. The molecule has 1 atom stereocenters. The number of fused-ring (bicyclic) bond motifs is 3. The minimum absolute atomic E-state index is 0.0904. The number of hydrogen-bond donors (Lipinski definition) is 0. The van der Waals surface area contributed by atoms with Crippen molar-refractivity contribution in [2.75, 3.05) is 4.31 Å². The molecular weight excluding hydrogens is 489 g/mol. The Morgan fingerprint density at radius 3 is 2.11 bits per heavy atom. The molecule has 35 heavy (non-hydrogen) atoms. The SMILES string of the molecule is CC(C)(C)n1cc2c(n1)-c1cc(F)c(F)cc1N(S(=O)(=O)c1ccc(C(F)(F)F)cc1)C2C1CC1. The van der Waals surface area contributed by atoms with Gasteiger partial charge in [-0.25, -0.2) is 17.2 Å². The molecule has 0 saturated heterocycles. The molecule has 0 bridgehead atoms. The number of sulfonamides is 1. The summed E-state index contributed by atoms with van der Waals surface area (Å²) in [6, 6.07) is 4.13. The molecule has 1 unspecified atom stereocenters. The van der Waals surface area contributed by atoms with Crippen LogP contribution in [0.3, 0.4) is 0 Å². The van der Waals surface area contributed by atoms with E-state index in [0.29, 0.717) is 36.2 Å². The third-order valence-corrected chi connectivity index (χ3v) is 8.15. The zero-order valence-electron chi connectivity index (χ0n) is 19.1. The molecule has 2 heterocycles. The molecule has 5 nitrogen and oxygen atoms in total. The van der Waals surface area contributed by atoms with E-state index < -0.39 is 45.0 Å². The molecule has 11 heteroatoms. The molecule has 186 valence electrons. The molecule has 0 N–H and O–H groups in total. The van der Waals surface area contributed by atoms with E-state index in [-0.39, 0.29) is 22.1 Å². The zero-order valence-corrected chi connectivity index (χ0v) is 19.9. The van der Waals surface area contributed by atoms with Crippen LogP contribution in [0.5, 0.6) is 0 Å². The highest BCUT2D eigenvalue weighted by molar-refractivity contribution is 7.92. The fourth-order valence-corrected chi connectivity index (χ4v) is 6.11. The predicted octanol–water partition coefficient (Wildman–Crippen LogP) is 6.26. The summed E-state index contributed by atoms with van der Waals surface area (Å²) < 4.78 is 98.3. The van der Waals surface area contributed by atoms with Gasteiger partial charge in [0.15, 0.2) is 11.6 Å². The number of halogens is 5. The smallest absolute Gasteiger partial charge is 0.267 e. The van der Waals surface area contributed by atoms with Crippen LogP contribution in [0.15, 0.2) is 47.5 Å². The fraction of sp³-hybridized carbons (Fsp3) is 0.375. The van der Waals surface area contributed by atoms with Gasteiger partial charge < -0.3 is 0 Å². The van der Waals surface area contributed by atoms with E-state index in [4.69, 9.17) is 0 Å². The van der Waals surface area contributed by atoms with E-state index in [2.05, 4.69) is 5.10 Å². The number of nitrogens with zero attached hydrogens (tertiary/aromatic N) is 3.